The lowest BCUT2D eigenvalue weighted by molar-refractivity contribution is -0.122. The van der Waals surface area contributed by atoms with Gasteiger partial charge in [0, 0.05) is 51.5 Å². The third-order valence-corrected chi connectivity index (χ3v) is 6.00. The second-order valence-electron chi connectivity index (χ2n) is 9.37. The minimum Gasteiger partial charge on any atom is -0.396 e. The van der Waals surface area contributed by atoms with Crippen molar-refractivity contribution in [2.24, 2.45) is 11.8 Å². The maximum atomic E-state index is 11.8. The van der Waals surface area contributed by atoms with E-state index in [1.807, 2.05) is 0 Å². The van der Waals surface area contributed by atoms with Crippen LogP contribution in [0.5, 0.6) is 0 Å². The van der Waals surface area contributed by atoms with E-state index in [1.54, 1.807) is 0 Å². The summed E-state index contributed by atoms with van der Waals surface area (Å²) in [7, 11) is 4.24. The van der Waals surface area contributed by atoms with Crippen molar-refractivity contribution in [2.45, 2.75) is 78.6 Å². The molecular weight excluding hydrogens is 404 g/mol. The Morgan fingerprint density at radius 1 is 0.750 bits per heavy atom. The molecule has 0 saturated heterocycles. The SMILES string of the molecule is CCCCC(=O)NCC(CC)CN(C)CCCCN(C)CC(CO)CNC(=O)CCCC. The smallest absolute Gasteiger partial charge is 0.220 e. The Morgan fingerprint density at radius 3 is 1.59 bits per heavy atom. The Kier molecular flexibility index (Phi) is 19.7. The average molecular weight is 457 g/mol. The van der Waals surface area contributed by atoms with Crippen molar-refractivity contribution in [3.05, 3.63) is 0 Å². The van der Waals surface area contributed by atoms with Crippen molar-refractivity contribution in [3.63, 3.8) is 0 Å². The molecule has 0 rings (SSSR count). The number of amides is 2. The predicted octanol–water partition coefficient (Wildman–Crippen LogP) is 2.88. The lowest BCUT2D eigenvalue weighted by Crippen LogP contribution is -2.37. The molecule has 0 aliphatic carbocycles. The Labute approximate surface area is 197 Å². The molecule has 0 fully saturated rings. The van der Waals surface area contributed by atoms with Crippen molar-refractivity contribution in [2.75, 3.05) is 60.0 Å². The molecule has 0 aromatic heterocycles. The van der Waals surface area contributed by atoms with Crippen LogP contribution in [0.15, 0.2) is 0 Å². The minimum absolute atomic E-state index is 0.0751. The van der Waals surface area contributed by atoms with Crippen LogP contribution in [0.4, 0.5) is 0 Å². The molecule has 0 radical (unpaired) electrons. The number of nitrogens with zero attached hydrogens (tertiary/aromatic N) is 2. The first-order valence-corrected chi connectivity index (χ1v) is 12.9. The molecule has 0 heterocycles. The molecule has 0 aliphatic heterocycles. The number of carbonyl (C=O) groups is 2. The van der Waals surface area contributed by atoms with Crippen LogP contribution in [0.25, 0.3) is 0 Å². The molecule has 2 unspecified atom stereocenters. The monoisotopic (exact) mass is 456 g/mol. The third kappa shape index (κ3) is 17.4. The zero-order valence-corrected chi connectivity index (χ0v) is 21.6. The predicted molar refractivity (Wildman–Crippen MR) is 134 cm³/mol. The molecule has 0 spiro atoms. The summed E-state index contributed by atoms with van der Waals surface area (Å²) in [6, 6.07) is 0. The lowest BCUT2D eigenvalue weighted by Gasteiger charge is -2.25. The van der Waals surface area contributed by atoms with E-state index in [9.17, 15) is 14.7 Å². The number of hydrogen-bond donors (Lipinski definition) is 3. The highest BCUT2D eigenvalue weighted by molar-refractivity contribution is 5.76. The largest absolute Gasteiger partial charge is 0.396 e. The molecule has 190 valence electrons. The van der Waals surface area contributed by atoms with Gasteiger partial charge in [-0.05, 0) is 58.8 Å². The summed E-state index contributed by atoms with van der Waals surface area (Å²) >= 11 is 0. The van der Waals surface area contributed by atoms with Crippen LogP contribution in [0.3, 0.4) is 0 Å². The zero-order chi connectivity index (χ0) is 24.2. The molecule has 7 nitrogen and oxygen atoms in total. The van der Waals surface area contributed by atoms with E-state index in [-0.39, 0.29) is 24.3 Å². The van der Waals surface area contributed by atoms with E-state index in [1.165, 1.54) is 0 Å². The van der Waals surface area contributed by atoms with E-state index in [0.717, 1.165) is 77.7 Å². The van der Waals surface area contributed by atoms with Crippen LogP contribution in [0, 0.1) is 11.8 Å². The fourth-order valence-electron chi connectivity index (χ4n) is 3.72. The molecule has 0 bridgehead atoms. The topological polar surface area (TPSA) is 84.9 Å². The van der Waals surface area contributed by atoms with Gasteiger partial charge in [0.1, 0.15) is 0 Å². The fraction of sp³-hybridized carbons (Fsp3) is 0.920. The molecule has 0 aromatic rings. The van der Waals surface area contributed by atoms with Gasteiger partial charge < -0.3 is 25.5 Å². The first-order valence-electron chi connectivity index (χ1n) is 12.9. The highest BCUT2D eigenvalue weighted by atomic mass is 16.3. The summed E-state index contributed by atoms with van der Waals surface area (Å²) in [5.74, 6) is 0.830. The first-order chi connectivity index (χ1) is 15.4. The van der Waals surface area contributed by atoms with Gasteiger partial charge in [0.15, 0.2) is 0 Å². The second-order valence-corrected chi connectivity index (χ2v) is 9.37. The minimum atomic E-state index is 0.0751. The number of aliphatic hydroxyl groups excluding tert-OH is 1. The Bertz CT molecular complexity index is 434. The van der Waals surface area contributed by atoms with Gasteiger partial charge in [-0.15, -0.1) is 0 Å². The molecule has 0 aromatic carbocycles. The van der Waals surface area contributed by atoms with Gasteiger partial charge in [0.05, 0.1) is 0 Å². The molecule has 32 heavy (non-hydrogen) atoms. The number of rotatable bonds is 21. The van der Waals surface area contributed by atoms with Gasteiger partial charge >= 0.3 is 0 Å². The third-order valence-electron chi connectivity index (χ3n) is 6.00. The van der Waals surface area contributed by atoms with Gasteiger partial charge in [-0.1, -0.05) is 40.0 Å². The normalized spacial score (nSPS) is 13.4. The van der Waals surface area contributed by atoms with Gasteiger partial charge in [-0.25, -0.2) is 0 Å². The maximum absolute atomic E-state index is 11.8. The van der Waals surface area contributed by atoms with Gasteiger partial charge in [-0.2, -0.15) is 0 Å². The molecule has 2 atom stereocenters. The van der Waals surface area contributed by atoms with Crippen LogP contribution < -0.4 is 10.6 Å². The Hall–Kier alpha value is -1.18. The van der Waals surface area contributed by atoms with Crippen LogP contribution in [-0.2, 0) is 9.59 Å². The summed E-state index contributed by atoms with van der Waals surface area (Å²) < 4.78 is 0. The number of nitrogens with one attached hydrogen (secondary N) is 2. The summed E-state index contributed by atoms with van der Waals surface area (Å²) in [6.45, 7) is 11.6. The zero-order valence-electron chi connectivity index (χ0n) is 21.6. The number of carbonyl (C=O) groups excluding carboxylic acids is 2. The number of unbranched alkanes of at least 4 members (excludes halogenated alkanes) is 3. The summed E-state index contributed by atoms with van der Waals surface area (Å²) in [5, 5.41) is 15.7. The highest BCUT2D eigenvalue weighted by Gasteiger charge is 2.13. The van der Waals surface area contributed by atoms with Crippen LogP contribution in [0.2, 0.25) is 0 Å². The van der Waals surface area contributed by atoms with Gasteiger partial charge in [0.2, 0.25) is 11.8 Å². The van der Waals surface area contributed by atoms with E-state index in [2.05, 4.69) is 55.3 Å². The molecule has 0 aliphatic rings. The molecular formula is C25H52N4O3. The fourth-order valence-corrected chi connectivity index (χ4v) is 3.72. The maximum Gasteiger partial charge on any atom is 0.220 e. The summed E-state index contributed by atoms with van der Waals surface area (Å²) in [6.07, 6.45) is 8.45. The van der Waals surface area contributed by atoms with E-state index < -0.39 is 0 Å². The van der Waals surface area contributed by atoms with Crippen molar-refractivity contribution in [1.29, 1.82) is 0 Å². The van der Waals surface area contributed by atoms with Crippen molar-refractivity contribution in [3.8, 4) is 0 Å². The van der Waals surface area contributed by atoms with E-state index in [4.69, 9.17) is 0 Å². The summed E-state index contributed by atoms with van der Waals surface area (Å²) in [5.41, 5.74) is 0. The molecule has 0 saturated carbocycles. The van der Waals surface area contributed by atoms with Crippen LogP contribution >= 0.6 is 0 Å². The Morgan fingerprint density at radius 2 is 1.19 bits per heavy atom. The number of aliphatic hydroxyl groups is 1. The lowest BCUT2D eigenvalue weighted by atomic mass is 10.1. The van der Waals surface area contributed by atoms with E-state index >= 15 is 0 Å². The quantitative estimate of drug-likeness (QED) is 0.231. The van der Waals surface area contributed by atoms with Crippen LogP contribution in [-0.4, -0.2) is 86.7 Å². The molecule has 2 amide bonds. The summed E-state index contributed by atoms with van der Waals surface area (Å²) in [4.78, 5) is 28.2. The number of hydrogen-bond acceptors (Lipinski definition) is 5. The van der Waals surface area contributed by atoms with Crippen LogP contribution in [0.1, 0.15) is 78.6 Å². The van der Waals surface area contributed by atoms with Crippen molar-refractivity contribution >= 4 is 11.8 Å². The second kappa shape index (κ2) is 20.4. The molecule has 7 heteroatoms. The molecule has 3 N–H and O–H groups in total. The average Bonchev–Trinajstić information content (AvgIpc) is 2.79. The standard InChI is InChI=1S/C25H52N4O3/c1-6-9-13-24(31)26-17-22(8-3)19-28(4)15-11-12-16-29(5)20-23(21-30)18-27-25(32)14-10-7-2/h22-23,30H,6-21H2,1-5H3,(H,26,31)(H,27,32). The van der Waals surface area contributed by atoms with Gasteiger partial charge in [0.25, 0.3) is 0 Å². The van der Waals surface area contributed by atoms with E-state index in [0.29, 0.717) is 25.3 Å². The Balaban J connectivity index is 3.99. The van der Waals surface area contributed by atoms with Gasteiger partial charge in [-0.3, -0.25) is 9.59 Å². The highest BCUT2D eigenvalue weighted by Crippen LogP contribution is 2.06. The van der Waals surface area contributed by atoms with Crippen molar-refractivity contribution < 1.29 is 14.7 Å². The van der Waals surface area contributed by atoms with Crippen molar-refractivity contribution in [1.82, 2.24) is 20.4 Å². The first kappa shape index (κ1) is 30.8.